The first kappa shape index (κ1) is 19.0. The van der Waals surface area contributed by atoms with Gasteiger partial charge in [0.25, 0.3) is 5.56 Å². The maximum atomic E-state index is 13.5. The summed E-state index contributed by atoms with van der Waals surface area (Å²) in [6.07, 6.45) is 0.474. The van der Waals surface area contributed by atoms with Crippen molar-refractivity contribution in [1.82, 2.24) is 4.57 Å². The number of nitrogens with zero attached hydrogens (tertiary/aromatic N) is 1. The normalized spacial score (nSPS) is 13.1. The van der Waals surface area contributed by atoms with Crippen molar-refractivity contribution in [3.05, 3.63) is 99.8 Å². The fourth-order valence-electron chi connectivity index (χ4n) is 4.51. The number of pyridine rings is 1. The van der Waals surface area contributed by atoms with Gasteiger partial charge in [0.15, 0.2) is 5.78 Å². The Labute approximate surface area is 178 Å². The van der Waals surface area contributed by atoms with E-state index in [1.54, 1.807) is 47.0 Å². The molecule has 0 bridgehead atoms. The molecule has 5 heteroatoms. The summed E-state index contributed by atoms with van der Waals surface area (Å²) in [5.41, 5.74) is 3.49. The molecule has 3 aromatic carbocycles. The van der Waals surface area contributed by atoms with E-state index in [0.717, 1.165) is 5.56 Å². The van der Waals surface area contributed by atoms with Gasteiger partial charge in [-0.25, -0.2) is 0 Å². The van der Waals surface area contributed by atoms with Gasteiger partial charge < -0.3 is 5.11 Å². The van der Waals surface area contributed by atoms with Gasteiger partial charge in [0.2, 0.25) is 0 Å². The van der Waals surface area contributed by atoms with E-state index in [-0.39, 0.29) is 11.3 Å². The highest BCUT2D eigenvalue weighted by Gasteiger charge is 2.32. The summed E-state index contributed by atoms with van der Waals surface area (Å²) in [5.74, 6) is -1.57. The van der Waals surface area contributed by atoms with Gasteiger partial charge in [0.05, 0.1) is 17.2 Å². The molecule has 0 aliphatic heterocycles. The molecule has 1 heterocycles. The minimum absolute atomic E-state index is 0.0934. The molecule has 1 N–H and O–H groups in total. The summed E-state index contributed by atoms with van der Waals surface area (Å²) < 4.78 is 1.58. The predicted octanol–water partition coefficient (Wildman–Crippen LogP) is 4.78. The SMILES string of the molecule is CCC(C(=O)O)c1ccc(-n2c3c(c4ccccc4c2=O)C(=O)c2ccccc2-3)cc1. The van der Waals surface area contributed by atoms with Crippen molar-refractivity contribution in [3.63, 3.8) is 0 Å². The van der Waals surface area contributed by atoms with Crippen LogP contribution in [0.1, 0.15) is 40.7 Å². The van der Waals surface area contributed by atoms with Gasteiger partial charge in [-0.1, -0.05) is 61.5 Å². The minimum Gasteiger partial charge on any atom is -0.481 e. The first-order valence-corrected chi connectivity index (χ1v) is 10.2. The summed E-state index contributed by atoms with van der Waals surface area (Å²) in [6, 6.07) is 21.5. The summed E-state index contributed by atoms with van der Waals surface area (Å²) in [7, 11) is 0. The van der Waals surface area contributed by atoms with E-state index in [0.29, 0.717) is 45.3 Å². The zero-order valence-electron chi connectivity index (χ0n) is 16.8. The predicted molar refractivity (Wildman–Crippen MR) is 119 cm³/mol. The molecule has 0 radical (unpaired) electrons. The van der Waals surface area contributed by atoms with Crippen molar-refractivity contribution in [2.45, 2.75) is 19.3 Å². The van der Waals surface area contributed by atoms with Gasteiger partial charge in [-0.3, -0.25) is 19.0 Å². The fourth-order valence-corrected chi connectivity index (χ4v) is 4.51. The molecule has 4 aromatic rings. The molecular formula is C26H19NO4. The standard InChI is InChI=1S/C26H19NO4/c1-2-17(26(30)31)15-11-13-16(14-12-15)27-23-19-8-4-5-9-20(19)24(28)22(23)18-7-3-6-10-21(18)25(27)29/h3-14,17H,2H2,1H3,(H,30,31). The smallest absolute Gasteiger partial charge is 0.310 e. The van der Waals surface area contributed by atoms with Crippen LogP contribution in [0.15, 0.2) is 77.6 Å². The van der Waals surface area contributed by atoms with Gasteiger partial charge in [-0.2, -0.15) is 0 Å². The minimum atomic E-state index is -0.876. The Morgan fingerprint density at radius 3 is 2.13 bits per heavy atom. The molecule has 1 aliphatic rings. The Balaban J connectivity index is 1.82. The van der Waals surface area contributed by atoms with E-state index < -0.39 is 11.9 Å². The Morgan fingerprint density at radius 1 is 0.871 bits per heavy atom. The van der Waals surface area contributed by atoms with E-state index >= 15 is 0 Å². The third-order valence-electron chi connectivity index (χ3n) is 6.00. The Kier molecular flexibility index (Phi) is 4.33. The third-order valence-corrected chi connectivity index (χ3v) is 6.00. The van der Waals surface area contributed by atoms with Crippen molar-refractivity contribution in [2.75, 3.05) is 0 Å². The number of rotatable bonds is 4. The summed E-state index contributed by atoms with van der Waals surface area (Å²) in [6.45, 7) is 1.83. The lowest BCUT2D eigenvalue weighted by Gasteiger charge is -2.16. The molecule has 5 nitrogen and oxygen atoms in total. The topological polar surface area (TPSA) is 76.4 Å². The molecule has 5 rings (SSSR count). The highest BCUT2D eigenvalue weighted by molar-refractivity contribution is 6.26. The van der Waals surface area contributed by atoms with Crippen molar-refractivity contribution < 1.29 is 14.7 Å². The van der Waals surface area contributed by atoms with Gasteiger partial charge in [-0.15, -0.1) is 0 Å². The van der Waals surface area contributed by atoms with Crippen LogP contribution in [0.3, 0.4) is 0 Å². The van der Waals surface area contributed by atoms with E-state index in [1.165, 1.54) is 0 Å². The summed E-state index contributed by atoms with van der Waals surface area (Å²) >= 11 is 0. The van der Waals surface area contributed by atoms with E-state index in [4.69, 9.17) is 0 Å². The number of fused-ring (bicyclic) bond motifs is 5. The van der Waals surface area contributed by atoms with Crippen LogP contribution in [0.5, 0.6) is 0 Å². The van der Waals surface area contributed by atoms with Gasteiger partial charge in [0, 0.05) is 27.6 Å². The second-order valence-corrected chi connectivity index (χ2v) is 7.68. The third kappa shape index (κ3) is 2.74. The molecule has 1 unspecified atom stereocenters. The van der Waals surface area contributed by atoms with E-state index in [1.807, 2.05) is 37.3 Å². The van der Waals surface area contributed by atoms with Crippen LogP contribution in [0.4, 0.5) is 0 Å². The average molecular weight is 409 g/mol. The molecule has 0 fully saturated rings. The molecule has 0 amide bonds. The summed E-state index contributed by atoms with van der Waals surface area (Å²) in [4.78, 5) is 38.3. The van der Waals surface area contributed by atoms with Gasteiger partial charge in [-0.05, 0) is 30.2 Å². The Hall–Kier alpha value is -3.99. The van der Waals surface area contributed by atoms with E-state index in [2.05, 4.69) is 0 Å². The number of ketones is 1. The highest BCUT2D eigenvalue weighted by Crippen LogP contribution is 2.40. The molecule has 0 saturated heterocycles. The van der Waals surface area contributed by atoms with Crippen LogP contribution in [-0.2, 0) is 4.79 Å². The lowest BCUT2D eigenvalue weighted by Crippen LogP contribution is -2.22. The maximum Gasteiger partial charge on any atom is 0.310 e. The molecule has 0 spiro atoms. The number of carbonyl (C=O) groups is 2. The molecular weight excluding hydrogens is 390 g/mol. The number of carbonyl (C=O) groups excluding carboxylic acids is 1. The van der Waals surface area contributed by atoms with Crippen molar-refractivity contribution >= 4 is 22.5 Å². The van der Waals surface area contributed by atoms with Crippen molar-refractivity contribution in [3.8, 4) is 16.9 Å². The largest absolute Gasteiger partial charge is 0.481 e. The van der Waals surface area contributed by atoms with Crippen LogP contribution in [-0.4, -0.2) is 21.4 Å². The Morgan fingerprint density at radius 2 is 1.48 bits per heavy atom. The summed E-state index contributed by atoms with van der Waals surface area (Å²) in [5, 5.41) is 10.6. The zero-order chi connectivity index (χ0) is 21.7. The molecule has 1 aromatic heterocycles. The van der Waals surface area contributed by atoms with Crippen LogP contribution in [0.25, 0.3) is 27.7 Å². The number of aliphatic carboxylic acids is 1. The first-order chi connectivity index (χ1) is 15.0. The number of hydrogen-bond donors (Lipinski definition) is 1. The molecule has 152 valence electrons. The average Bonchev–Trinajstić information content (AvgIpc) is 3.08. The molecule has 1 aliphatic carbocycles. The number of aromatic nitrogens is 1. The van der Waals surface area contributed by atoms with Crippen LogP contribution >= 0.6 is 0 Å². The van der Waals surface area contributed by atoms with Crippen LogP contribution in [0.2, 0.25) is 0 Å². The molecule has 0 saturated carbocycles. The van der Waals surface area contributed by atoms with Gasteiger partial charge in [0.1, 0.15) is 0 Å². The maximum absolute atomic E-state index is 13.5. The number of carboxylic acid groups (broad SMARTS) is 1. The Bertz CT molecular complexity index is 1430. The van der Waals surface area contributed by atoms with Crippen molar-refractivity contribution in [1.29, 1.82) is 0 Å². The second kappa shape index (κ2) is 7.06. The lowest BCUT2D eigenvalue weighted by atomic mass is 9.96. The molecule has 31 heavy (non-hydrogen) atoms. The van der Waals surface area contributed by atoms with Gasteiger partial charge >= 0.3 is 5.97 Å². The lowest BCUT2D eigenvalue weighted by molar-refractivity contribution is -0.138. The number of carboxylic acids is 1. The monoisotopic (exact) mass is 409 g/mol. The molecule has 1 atom stereocenters. The number of hydrogen-bond acceptors (Lipinski definition) is 3. The van der Waals surface area contributed by atoms with E-state index in [9.17, 15) is 19.5 Å². The van der Waals surface area contributed by atoms with Crippen LogP contribution in [0, 0.1) is 0 Å². The highest BCUT2D eigenvalue weighted by atomic mass is 16.4. The second-order valence-electron chi connectivity index (χ2n) is 7.68. The quantitative estimate of drug-likeness (QED) is 0.463. The first-order valence-electron chi connectivity index (χ1n) is 10.2. The zero-order valence-corrected chi connectivity index (χ0v) is 16.8. The van der Waals surface area contributed by atoms with Crippen LogP contribution < -0.4 is 5.56 Å². The van der Waals surface area contributed by atoms with Crippen molar-refractivity contribution in [2.24, 2.45) is 0 Å². The fraction of sp³-hybridized carbons (Fsp3) is 0.115. The number of benzene rings is 3.